The van der Waals surface area contributed by atoms with Crippen molar-refractivity contribution >= 4 is 5.91 Å². The number of amides is 1. The lowest BCUT2D eigenvalue weighted by Gasteiger charge is -2.31. The van der Waals surface area contributed by atoms with Crippen LogP contribution in [0.2, 0.25) is 0 Å². The second-order valence-corrected chi connectivity index (χ2v) is 6.08. The van der Waals surface area contributed by atoms with Gasteiger partial charge in [-0.05, 0) is 12.3 Å². The van der Waals surface area contributed by atoms with Gasteiger partial charge in [-0.3, -0.25) is 9.48 Å². The Hall–Kier alpha value is -1.43. The van der Waals surface area contributed by atoms with Gasteiger partial charge in [-0.25, -0.2) is 4.98 Å². The van der Waals surface area contributed by atoms with Gasteiger partial charge in [0.25, 0.3) is 0 Å². The zero-order valence-corrected chi connectivity index (χ0v) is 12.5. The summed E-state index contributed by atoms with van der Waals surface area (Å²) in [5.74, 6) is 0.403. The number of aromatic nitrogens is 3. The van der Waals surface area contributed by atoms with E-state index in [1.54, 1.807) is 15.9 Å². The molecule has 0 spiro atoms. The number of rotatable bonds is 5. The maximum Gasteiger partial charge on any atom is 0.222 e. The fourth-order valence-electron chi connectivity index (χ4n) is 2.85. The molecule has 1 saturated heterocycles. The summed E-state index contributed by atoms with van der Waals surface area (Å²) in [6.45, 7) is 7.83. The van der Waals surface area contributed by atoms with E-state index in [1.165, 1.54) is 6.33 Å². The standard InChI is InChI=1S/C14H24N4O2/c1-11(2)14(20)8-17(7-12(14)3)13(19)5-4-6-18-10-15-9-16-18/h9-12,20H,4-8H2,1-3H3/t12-,14-/m1/s1. The molecule has 0 aromatic carbocycles. The molecule has 2 heterocycles. The van der Waals surface area contributed by atoms with E-state index in [0.717, 1.165) is 6.42 Å². The molecule has 1 fully saturated rings. The smallest absolute Gasteiger partial charge is 0.222 e. The predicted molar refractivity (Wildman–Crippen MR) is 74.8 cm³/mol. The minimum atomic E-state index is -0.748. The summed E-state index contributed by atoms with van der Waals surface area (Å²) < 4.78 is 1.73. The molecule has 6 heteroatoms. The highest BCUT2D eigenvalue weighted by atomic mass is 16.3. The van der Waals surface area contributed by atoms with Crippen molar-refractivity contribution in [1.29, 1.82) is 0 Å². The van der Waals surface area contributed by atoms with Gasteiger partial charge in [0, 0.05) is 32.0 Å². The summed E-state index contributed by atoms with van der Waals surface area (Å²) in [5, 5.41) is 14.6. The first-order chi connectivity index (χ1) is 9.43. The van der Waals surface area contributed by atoms with Crippen LogP contribution in [0, 0.1) is 11.8 Å². The molecule has 1 aliphatic rings. The van der Waals surface area contributed by atoms with E-state index in [0.29, 0.717) is 26.1 Å². The first-order valence-electron chi connectivity index (χ1n) is 7.26. The summed E-state index contributed by atoms with van der Waals surface area (Å²) in [6.07, 6.45) is 4.38. The maximum absolute atomic E-state index is 12.2. The number of hydrogen-bond donors (Lipinski definition) is 1. The van der Waals surface area contributed by atoms with Gasteiger partial charge in [0.05, 0.1) is 5.60 Å². The molecule has 0 radical (unpaired) electrons. The second-order valence-electron chi connectivity index (χ2n) is 6.08. The van der Waals surface area contributed by atoms with Crippen molar-refractivity contribution in [3.8, 4) is 0 Å². The molecule has 2 rings (SSSR count). The molecule has 20 heavy (non-hydrogen) atoms. The van der Waals surface area contributed by atoms with Gasteiger partial charge >= 0.3 is 0 Å². The zero-order chi connectivity index (χ0) is 14.8. The molecule has 1 aromatic rings. The lowest BCUT2D eigenvalue weighted by atomic mass is 9.82. The summed E-state index contributed by atoms with van der Waals surface area (Å²) in [6, 6.07) is 0. The monoisotopic (exact) mass is 280 g/mol. The van der Waals surface area contributed by atoms with Crippen LogP contribution in [-0.4, -0.2) is 49.4 Å². The van der Waals surface area contributed by atoms with Crippen molar-refractivity contribution in [2.24, 2.45) is 11.8 Å². The molecule has 6 nitrogen and oxygen atoms in total. The van der Waals surface area contributed by atoms with Gasteiger partial charge in [0.2, 0.25) is 5.91 Å². The van der Waals surface area contributed by atoms with Gasteiger partial charge in [-0.15, -0.1) is 0 Å². The van der Waals surface area contributed by atoms with Gasteiger partial charge in [-0.1, -0.05) is 20.8 Å². The van der Waals surface area contributed by atoms with Crippen LogP contribution in [0.1, 0.15) is 33.6 Å². The Morgan fingerprint density at radius 1 is 1.55 bits per heavy atom. The number of β-amino-alcohol motifs (C(OH)–C–C–N with tert-alkyl or cyclic N) is 1. The molecule has 112 valence electrons. The van der Waals surface area contributed by atoms with Crippen LogP contribution in [0.25, 0.3) is 0 Å². The number of nitrogens with zero attached hydrogens (tertiary/aromatic N) is 4. The number of carbonyl (C=O) groups excluding carboxylic acids is 1. The lowest BCUT2D eigenvalue weighted by Crippen LogP contribution is -2.43. The van der Waals surface area contributed by atoms with Gasteiger partial charge in [-0.2, -0.15) is 5.10 Å². The van der Waals surface area contributed by atoms with Gasteiger partial charge in [0.1, 0.15) is 12.7 Å². The number of likely N-dealkylation sites (tertiary alicyclic amines) is 1. The van der Waals surface area contributed by atoms with E-state index >= 15 is 0 Å². The highest BCUT2D eigenvalue weighted by Crippen LogP contribution is 2.34. The Kier molecular flexibility index (Phi) is 4.42. The Balaban J connectivity index is 1.82. The predicted octanol–water partition coefficient (Wildman–Crippen LogP) is 0.924. The molecule has 1 amide bonds. The van der Waals surface area contributed by atoms with Crippen molar-refractivity contribution in [3.05, 3.63) is 12.7 Å². The second kappa shape index (κ2) is 5.91. The molecule has 0 unspecified atom stereocenters. The third-order valence-electron chi connectivity index (χ3n) is 4.39. The summed E-state index contributed by atoms with van der Waals surface area (Å²) in [7, 11) is 0. The molecule has 0 bridgehead atoms. The SMILES string of the molecule is CC(C)[C@]1(O)CN(C(=O)CCCn2cncn2)C[C@H]1C. The molecule has 1 N–H and O–H groups in total. The zero-order valence-electron chi connectivity index (χ0n) is 12.5. The number of aryl methyl sites for hydroxylation is 1. The highest BCUT2D eigenvalue weighted by Gasteiger charge is 2.46. The highest BCUT2D eigenvalue weighted by molar-refractivity contribution is 5.76. The van der Waals surface area contributed by atoms with Crippen molar-refractivity contribution in [2.45, 2.75) is 45.8 Å². The third-order valence-corrected chi connectivity index (χ3v) is 4.39. The largest absolute Gasteiger partial charge is 0.387 e. The summed E-state index contributed by atoms with van der Waals surface area (Å²) in [4.78, 5) is 17.9. The Morgan fingerprint density at radius 2 is 2.30 bits per heavy atom. The topological polar surface area (TPSA) is 71.2 Å². The Morgan fingerprint density at radius 3 is 2.85 bits per heavy atom. The van der Waals surface area contributed by atoms with Gasteiger partial charge < -0.3 is 10.0 Å². The molecule has 0 aliphatic carbocycles. The number of aliphatic hydroxyl groups is 1. The van der Waals surface area contributed by atoms with Crippen LogP contribution in [0.3, 0.4) is 0 Å². The van der Waals surface area contributed by atoms with Crippen molar-refractivity contribution < 1.29 is 9.90 Å². The molecule has 0 saturated carbocycles. The molecule has 2 atom stereocenters. The minimum Gasteiger partial charge on any atom is -0.387 e. The average Bonchev–Trinajstić information content (AvgIpc) is 2.99. The fourth-order valence-corrected chi connectivity index (χ4v) is 2.85. The van der Waals surface area contributed by atoms with E-state index in [4.69, 9.17) is 0 Å². The summed E-state index contributed by atoms with van der Waals surface area (Å²) >= 11 is 0. The van der Waals surface area contributed by atoms with E-state index < -0.39 is 5.60 Å². The first-order valence-corrected chi connectivity index (χ1v) is 7.26. The van der Waals surface area contributed by atoms with E-state index in [9.17, 15) is 9.90 Å². The van der Waals surface area contributed by atoms with E-state index in [-0.39, 0.29) is 17.7 Å². The van der Waals surface area contributed by atoms with E-state index in [2.05, 4.69) is 10.1 Å². The van der Waals surface area contributed by atoms with Crippen molar-refractivity contribution in [3.63, 3.8) is 0 Å². The fraction of sp³-hybridized carbons (Fsp3) is 0.786. The molecule has 1 aliphatic heterocycles. The van der Waals surface area contributed by atoms with Crippen LogP contribution in [0.5, 0.6) is 0 Å². The normalized spacial score (nSPS) is 26.4. The Labute approximate surface area is 119 Å². The van der Waals surface area contributed by atoms with Crippen LogP contribution in [0.4, 0.5) is 0 Å². The number of carbonyl (C=O) groups is 1. The van der Waals surface area contributed by atoms with Crippen molar-refractivity contribution in [2.75, 3.05) is 13.1 Å². The van der Waals surface area contributed by atoms with Crippen molar-refractivity contribution in [1.82, 2.24) is 19.7 Å². The maximum atomic E-state index is 12.2. The summed E-state index contributed by atoms with van der Waals surface area (Å²) in [5.41, 5.74) is -0.748. The number of hydrogen-bond acceptors (Lipinski definition) is 4. The quantitative estimate of drug-likeness (QED) is 0.870. The lowest BCUT2D eigenvalue weighted by molar-refractivity contribution is -0.131. The van der Waals surface area contributed by atoms with E-state index in [1.807, 2.05) is 20.8 Å². The average molecular weight is 280 g/mol. The van der Waals surface area contributed by atoms with Crippen LogP contribution < -0.4 is 0 Å². The van der Waals surface area contributed by atoms with Crippen LogP contribution in [0.15, 0.2) is 12.7 Å². The molecular weight excluding hydrogens is 256 g/mol. The third kappa shape index (κ3) is 3.00. The van der Waals surface area contributed by atoms with Crippen LogP contribution >= 0.6 is 0 Å². The minimum absolute atomic E-state index is 0.119. The van der Waals surface area contributed by atoms with Gasteiger partial charge in [0.15, 0.2) is 0 Å². The van der Waals surface area contributed by atoms with Crippen LogP contribution in [-0.2, 0) is 11.3 Å². The molecule has 1 aromatic heterocycles. The molecular formula is C14H24N4O2. The Bertz CT molecular complexity index is 446. The first kappa shape index (κ1) is 15.0.